The Kier molecular flexibility index (Phi) is 5.61. The molecular formula is C19H21N5. The number of hydrogen-bond acceptors (Lipinski definition) is 5. The minimum absolute atomic E-state index is 0.513. The van der Waals surface area contributed by atoms with E-state index >= 15 is 0 Å². The Hall–Kier alpha value is -2.63. The van der Waals surface area contributed by atoms with Crippen molar-refractivity contribution in [1.29, 1.82) is 0 Å². The van der Waals surface area contributed by atoms with E-state index in [1.165, 1.54) is 0 Å². The van der Waals surface area contributed by atoms with Crippen LogP contribution in [0.2, 0.25) is 0 Å². The summed E-state index contributed by atoms with van der Waals surface area (Å²) in [4.78, 5) is 15.7. The van der Waals surface area contributed by atoms with Gasteiger partial charge in [0.15, 0.2) is 0 Å². The molecule has 3 aromatic heterocycles. The Balaban J connectivity index is 1.75. The van der Waals surface area contributed by atoms with E-state index in [1.54, 1.807) is 0 Å². The van der Waals surface area contributed by atoms with Crippen molar-refractivity contribution in [2.24, 2.45) is 5.73 Å². The standard InChI is InChI=1S/C19H21N5/c20-11-16-7-8-19(23-12-16)15-24(13-17-5-1-3-9-21-17)14-18-6-2-4-10-22-18/h1-10,12H,11,13-15,20H2. The van der Waals surface area contributed by atoms with Crippen molar-refractivity contribution in [2.45, 2.75) is 26.2 Å². The highest BCUT2D eigenvalue weighted by atomic mass is 15.1. The maximum absolute atomic E-state index is 5.64. The molecule has 0 aliphatic heterocycles. The maximum atomic E-state index is 5.64. The summed E-state index contributed by atoms with van der Waals surface area (Å²) in [7, 11) is 0. The molecule has 5 heteroatoms. The van der Waals surface area contributed by atoms with Crippen LogP contribution in [0, 0.1) is 0 Å². The van der Waals surface area contributed by atoms with E-state index in [1.807, 2.05) is 67.1 Å². The summed E-state index contributed by atoms with van der Waals surface area (Å²) in [5, 5.41) is 0. The molecule has 0 spiro atoms. The normalized spacial score (nSPS) is 10.9. The van der Waals surface area contributed by atoms with Gasteiger partial charge >= 0.3 is 0 Å². The summed E-state index contributed by atoms with van der Waals surface area (Å²) in [5.41, 5.74) is 9.76. The molecule has 0 atom stereocenters. The number of hydrogen-bond donors (Lipinski definition) is 1. The van der Waals surface area contributed by atoms with E-state index in [2.05, 4.69) is 19.9 Å². The Morgan fingerprint density at radius 1 is 0.708 bits per heavy atom. The van der Waals surface area contributed by atoms with Gasteiger partial charge in [0.05, 0.1) is 17.1 Å². The van der Waals surface area contributed by atoms with E-state index in [0.717, 1.165) is 42.3 Å². The van der Waals surface area contributed by atoms with Crippen LogP contribution in [0.1, 0.15) is 22.6 Å². The maximum Gasteiger partial charge on any atom is 0.0544 e. The third-order valence-corrected chi connectivity index (χ3v) is 3.73. The van der Waals surface area contributed by atoms with Crippen LogP contribution < -0.4 is 5.73 Å². The summed E-state index contributed by atoms with van der Waals surface area (Å²) in [6.07, 6.45) is 5.49. The quantitative estimate of drug-likeness (QED) is 0.725. The fourth-order valence-corrected chi connectivity index (χ4v) is 2.51. The minimum Gasteiger partial charge on any atom is -0.326 e. The molecule has 0 radical (unpaired) electrons. The van der Waals surface area contributed by atoms with Gasteiger partial charge in [-0.25, -0.2) is 0 Å². The van der Waals surface area contributed by atoms with Gasteiger partial charge in [-0.05, 0) is 35.9 Å². The highest BCUT2D eigenvalue weighted by Gasteiger charge is 2.10. The lowest BCUT2D eigenvalue weighted by atomic mass is 10.2. The van der Waals surface area contributed by atoms with Gasteiger partial charge < -0.3 is 5.73 Å². The molecule has 0 bridgehead atoms. The van der Waals surface area contributed by atoms with E-state index in [9.17, 15) is 0 Å². The Bertz CT molecular complexity index is 687. The molecule has 0 aromatic carbocycles. The first kappa shape index (κ1) is 16.2. The van der Waals surface area contributed by atoms with E-state index in [4.69, 9.17) is 5.73 Å². The fourth-order valence-electron chi connectivity index (χ4n) is 2.51. The Morgan fingerprint density at radius 3 is 1.71 bits per heavy atom. The van der Waals surface area contributed by atoms with Crippen LogP contribution in [0.5, 0.6) is 0 Å². The zero-order valence-corrected chi connectivity index (χ0v) is 13.5. The van der Waals surface area contributed by atoms with Crippen LogP contribution in [-0.4, -0.2) is 19.9 Å². The second kappa shape index (κ2) is 8.29. The van der Waals surface area contributed by atoms with Crippen LogP contribution in [-0.2, 0) is 26.2 Å². The zero-order valence-electron chi connectivity index (χ0n) is 13.5. The molecule has 0 saturated heterocycles. The van der Waals surface area contributed by atoms with Gasteiger partial charge in [0, 0.05) is 44.8 Å². The molecule has 3 aromatic rings. The molecule has 0 fully saturated rings. The molecular weight excluding hydrogens is 298 g/mol. The highest BCUT2D eigenvalue weighted by molar-refractivity contribution is 5.14. The van der Waals surface area contributed by atoms with Crippen molar-refractivity contribution in [3.8, 4) is 0 Å². The molecule has 3 heterocycles. The molecule has 3 rings (SSSR count). The average molecular weight is 319 g/mol. The van der Waals surface area contributed by atoms with Gasteiger partial charge in [-0.15, -0.1) is 0 Å². The highest BCUT2D eigenvalue weighted by Crippen LogP contribution is 2.11. The summed E-state index contributed by atoms with van der Waals surface area (Å²) in [5.74, 6) is 0. The molecule has 0 amide bonds. The van der Waals surface area contributed by atoms with E-state index in [0.29, 0.717) is 6.54 Å². The second-order valence-electron chi connectivity index (χ2n) is 5.65. The molecule has 0 unspecified atom stereocenters. The number of nitrogens with two attached hydrogens (primary N) is 1. The molecule has 122 valence electrons. The summed E-state index contributed by atoms with van der Waals surface area (Å²) >= 11 is 0. The van der Waals surface area contributed by atoms with Crippen molar-refractivity contribution < 1.29 is 0 Å². The SMILES string of the molecule is NCc1ccc(CN(Cc2ccccn2)Cc2ccccn2)nc1. The molecule has 0 aliphatic rings. The Labute approximate surface area is 142 Å². The van der Waals surface area contributed by atoms with E-state index in [-0.39, 0.29) is 0 Å². The van der Waals surface area contributed by atoms with Gasteiger partial charge in [0.2, 0.25) is 0 Å². The molecule has 0 aliphatic carbocycles. The predicted molar refractivity (Wildman–Crippen MR) is 93.6 cm³/mol. The van der Waals surface area contributed by atoms with Gasteiger partial charge in [-0.3, -0.25) is 19.9 Å². The van der Waals surface area contributed by atoms with Gasteiger partial charge in [0.1, 0.15) is 0 Å². The Morgan fingerprint density at radius 2 is 1.29 bits per heavy atom. The third kappa shape index (κ3) is 4.68. The summed E-state index contributed by atoms with van der Waals surface area (Å²) in [6, 6.07) is 16.0. The number of nitrogens with zero attached hydrogens (tertiary/aromatic N) is 4. The average Bonchev–Trinajstić information content (AvgIpc) is 2.64. The van der Waals surface area contributed by atoms with Crippen LogP contribution in [0.15, 0.2) is 67.1 Å². The molecule has 5 nitrogen and oxygen atoms in total. The predicted octanol–water partition coefficient (Wildman–Crippen LogP) is 2.53. The lowest BCUT2D eigenvalue weighted by Gasteiger charge is -2.21. The van der Waals surface area contributed by atoms with Gasteiger partial charge in [0.25, 0.3) is 0 Å². The van der Waals surface area contributed by atoms with Crippen LogP contribution >= 0.6 is 0 Å². The van der Waals surface area contributed by atoms with Crippen molar-refractivity contribution in [1.82, 2.24) is 19.9 Å². The van der Waals surface area contributed by atoms with Gasteiger partial charge in [-0.2, -0.15) is 0 Å². The zero-order chi connectivity index (χ0) is 16.6. The third-order valence-electron chi connectivity index (χ3n) is 3.73. The molecule has 0 saturated carbocycles. The topological polar surface area (TPSA) is 67.9 Å². The monoisotopic (exact) mass is 319 g/mol. The number of pyridine rings is 3. The second-order valence-corrected chi connectivity index (χ2v) is 5.65. The number of aromatic nitrogens is 3. The summed E-state index contributed by atoms with van der Waals surface area (Å²) in [6.45, 7) is 2.74. The first-order chi connectivity index (χ1) is 11.8. The van der Waals surface area contributed by atoms with Crippen molar-refractivity contribution in [3.05, 3.63) is 89.8 Å². The smallest absolute Gasteiger partial charge is 0.0544 e. The van der Waals surface area contributed by atoms with Crippen molar-refractivity contribution in [3.63, 3.8) is 0 Å². The fraction of sp³-hybridized carbons (Fsp3) is 0.211. The van der Waals surface area contributed by atoms with E-state index < -0.39 is 0 Å². The lowest BCUT2D eigenvalue weighted by Crippen LogP contribution is -2.24. The summed E-state index contributed by atoms with van der Waals surface area (Å²) < 4.78 is 0. The van der Waals surface area contributed by atoms with Crippen molar-refractivity contribution >= 4 is 0 Å². The van der Waals surface area contributed by atoms with Crippen LogP contribution in [0.4, 0.5) is 0 Å². The minimum atomic E-state index is 0.513. The lowest BCUT2D eigenvalue weighted by molar-refractivity contribution is 0.239. The van der Waals surface area contributed by atoms with Crippen LogP contribution in [0.25, 0.3) is 0 Å². The first-order valence-corrected chi connectivity index (χ1v) is 7.99. The number of rotatable bonds is 7. The van der Waals surface area contributed by atoms with Crippen molar-refractivity contribution in [2.75, 3.05) is 0 Å². The molecule has 24 heavy (non-hydrogen) atoms. The largest absolute Gasteiger partial charge is 0.326 e. The molecule has 2 N–H and O–H groups in total. The van der Waals surface area contributed by atoms with Crippen LogP contribution in [0.3, 0.4) is 0 Å². The first-order valence-electron chi connectivity index (χ1n) is 7.99. The van der Waals surface area contributed by atoms with Gasteiger partial charge in [-0.1, -0.05) is 18.2 Å².